The number of carbonyl (C=O) groups is 3. The Morgan fingerprint density at radius 1 is 1.22 bits per heavy atom. The first kappa shape index (κ1) is 25.0. The summed E-state index contributed by atoms with van der Waals surface area (Å²) in [5.41, 5.74) is -0.663. The standard InChI is InChI=1S/C22H26N4O5S/c1-22(2,3)19(20(29)24-17-10-4-5-11-23-17)25-18(28)14-16(27)21(30)26(31)12-6-8-15-9-7-13-32-15/h4-5,7,9-11,13,16,19,27,31H,12,14H2,1-3H3,(H,25,28)(H,23,24,29)/t16-,19+/m0/s1. The highest BCUT2D eigenvalue weighted by atomic mass is 32.1. The number of anilines is 1. The molecule has 0 bridgehead atoms. The fraction of sp³-hybridized carbons (Fsp3) is 0.364. The van der Waals surface area contributed by atoms with Gasteiger partial charge in [-0.2, -0.15) is 0 Å². The number of hydrogen-bond donors (Lipinski definition) is 4. The molecule has 2 aromatic heterocycles. The Labute approximate surface area is 190 Å². The first-order valence-electron chi connectivity index (χ1n) is 9.80. The Balaban J connectivity index is 1.93. The van der Waals surface area contributed by atoms with Crippen LogP contribution in [0, 0.1) is 17.3 Å². The van der Waals surface area contributed by atoms with Crippen LogP contribution in [-0.2, 0) is 14.4 Å². The van der Waals surface area contributed by atoms with Gasteiger partial charge < -0.3 is 15.7 Å². The van der Waals surface area contributed by atoms with Gasteiger partial charge in [0, 0.05) is 6.20 Å². The second-order valence-electron chi connectivity index (χ2n) is 7.97. The molecular formula is C22H26N4O5S. The van der Waals surface area contributed by atoms with Crippen LogP contribution in [0.1, 0.15) is 32.1 Å². The van der Waals surface area contributed by atoms with Crippen LogP contribution in [0.2, 0.25) is 0 Å². The van der Waals surface area contributed by atoms with Crippen molar-refractivity contribution in [3.8, 4) is 11.8 Å². The molecule has 0 saturated heterocycles. The predicted octanol–water partition coefficient (Wildman–Crippen LogP) is 1.63. The molecule has 0 radical (unpaired) electrons. The number of thiophene rings is 1. The normalized spacial score (nSPS) is 12.7. The van der Waals surface area contributed by atoms with E-state index in [1.807, 2.05) is 11.4 Å². The predicted molar refractivity (Wildman–Crippen MR) is 120 cm³/mol. The van der Waals surface area contributed by atoms with E-state index >= 15 is 0 Å². The molecule has 10 heteroatoms. The fourth-order valence-electron chi connectivity index (χ4n) is 2.59. The summed E-state index contributed by atoms with van der Waals surface area (Å²) in [5, 5.41) is 27.1. The maximum Gasteiger partial charge on any atom is 0.276 e. The summed E-state index contributed by atoms with van der Waals surface area (Å²) in [7, 11) is 0. The minimum atomic E-state index is -1.79. The maximum atomic E-state index is 12.7. The van der Waals surface area contributed by atoms with E-state index in [4.69, 9.17) is 0 Å². The highest BCUT2D eigenvalue weighted by molar-refractivity contribution is 7.10. The zero-order valence-corrected chi connectivity index (χ0v) is 18.8. The van der Waals surface area contributed by atoms with Gasteiger partial charge in [0.1, 0.15) is 24.5 Å². The lowest BCUT2D eigenvalue weighted by atomic mass is 9.86. The third kappa shape index (κ3) is 7.77. The lowest BCUT2D eigenvalue weighted by molar-refractivity contribution is -0.173. The van der Waals surface area contributed by atoms with E-state index in [0.717, 1.165) is 4.88 Å². The van der Waals surface area contributed by atoms with Crippen LogP contribution in [0.5, 0.6) is 0 Å². The molecule has 170 valence electrons. The van der Waals surface area contributed by atoms with Gasteiger partial charge in [-0.15, -0.1) is 11.3 Å². The molecule has 0 aliphatic rings. The number of carbonyl (C=O) groups excluding carboxylic acids is 3. The SMILES string of the molecule is CC(C)(C)[C@H](NC(=O)C[C@H](O)C(=O)N(O)CC#Cc1cccs1)C(=O)Nc1ccccn1. The van der Waals surface area contributed by atoms with Crippen molar-refractivity contribution in [2.24, 2.45) is 5.41 Å². The molecular weight excluding hydrogens is 432 g/mol. The molecule has 4 N–H and O–H groups in total. The average Bonchev–Trinajstić information content (AvgIpc) is 3.24. The summed E-state index contributed by atoms with van der Waals surface area (Å²) >= 11 is 1.41. The second-order valence-corrected chi connectivity index (χ2v) is 8.91. The molecule has 2 aromatic rings. The molecule has 0 saturated carbocycles. The van der Waals surface area contributed by atoms with Gasteiger partial charge in [0.25, 0.3) is 5.91 Å². The Bertz CT molecular complexity index is 977. The molecule has 0 aliphatic heterocycles. The molecule has 3 amide bonds. The van der Waals surface area contributed by atoms with Crippen molar-refractivity contribution in [3.05, 3.63) is 46.8 Å². The van der Waals surface area contributed by atoms with Gasteiger partial charge in [-0.05, 0) is 29.0 Å². The summed E-state index contributed by atoms with van der Waals surface area (Å²) in [6.07, 6.45) is -0.895. The molecule has 2 rings (SSSR count). The zero-order chi connectivity index (χ0) is 23.7. The van der Waals surface area contributed by atoms with Gasteiger partial charge >= 0.3 is 0 Å². The first-order valence-corrected chi connectivity index (χ1v) is 10.7. The van der Waals surface area contributed by atoms with Crippen molar-refractivity contribution in [2.45, 2.75) is 39.3 Å². The highest BCUT2D eigenvalue weighted by Crippen LogP contribution is 2.21. The van der Waals surface area contributed by atoms with Gasteiger partial charge in [0.2, 0.25) is 11.8 Å². The van der Waals surface area contributed by atoms with Gasteiger partial charge in [0.15, 0.2) is 0 Å². The molecule has 2 heterocycles. The third-order valence-electron chi connectivity index (χ3n) is 4.23. The summed E-state index contributed by atoms with van der Waals surface area (Å²) in [6.45, 7) is 4.96. The summed E-state index contributed by atoms with van der Waals surface area (Å²) in [4.78, 5) is 42.0. The van der Waals surface area contributed by atoms with E-state index < -0.39 is 41.7 Å². The molecule has 0 spiro atoms. The number of aliphatic hydroxyl groups is 1. The van der Waals surface area contributed by atoms with Crippen molar-refractivity contribution < 1.29 is 24.7 Å². The summed E-state index contributed by atoms with van der Waals surface area (Å²) in [6, 6.07) is 7.67. The number of aromatic nitrogens is 1. The van der Waals surface area contributed by atoms with Crippen molar-refractivity contribution in [3.63, 3.8) is 0 Å². The fourth-order valence-corrected chi connectivity index (χ4v) is 3.19. The first-order chi connectivity index (χ1) is 15.1. The molecule has 9 nitrogen and oxygen atoms in total. The second kappa shape index (κ2) is 11.4. The van der Waals surface area contributed by atoms with Crippen LogP contribution in [0.4, 0.5) is 5.82 Å². The highest BCUT2D eigenvalue weighted by Gasteiger charge is 2.34. The molecule has 0 aromatic carbocycles. The van der Waals surface area contributed by atoms with Crippen molar-refractivity contribution >= 4 is 34.9 Å². The van der Waals surface area contributed by atoms with E-state index in [1.165, 1.54) is 17.5 Å². The van der Waals surface area contributed by atoms with Crippen LogP contribution in [0.15, 0.2) is 41.9 Å². The molecule has 0 unspecified atom stereocenters. The van der Waals surface area contributed by atoms with Crippen LogP contribution < -0.4 is 10.6 Å². The lowest BCUT2D eigenvalue weighted by Gasteiger charge is -2.30. The number of aliphatic hydroxyl groups excluding tert-OH is 1. The largest absolute Gasteiger partial charge is 0.383 e. The Kier molecular flexibility index (Phi) is 8.90. The smallest absolute Gasteiger partial charge is 0.276 e. The average molecular weight is 459 g/mol. The minimum Gasteiger partial charge on any atom is -0.383 e. The van der Waals surface area contributed by atoms with E-state index in [-0.39, 0.29) is 11.6 Å². The number of pyridine rings is 1. The zero-order valence-electron chi connectivity index (χ0n) is 18.0. The number of hydroxylamine groups is 2. The Hall–Kier alpha value is -3.26. The molecule has 2 atom stereocenters. The van der Waals surface area contributed by atoms with Crippen LogP contribution in [-0.4, -0.2) is 56.8 Å². The molecule has 0 aliphatic carbocycles. The van der Waals surface area contributed by atoms with E-state index in [1.54, 1.807) is 45.0 Å². The van der Waals surface area contributed by atoms with Crippen molar-refractivity contribution in [1.29, 1.82) is 0 Å². The maximum absolute atomic E-state index is 12.7. The Morgan fingerprint density at radius 2 is 1.97 bits per heavy atom. The Morgan fingerprint density at radius 3 is 2.56 bits per heavy atom. The minimum absolute atomic E-state index is 0.258. The number of rotatable bonds is 7. The third-order valence-corrected chi connectivity index (χ3v) is 5.01. The quantitative estimate of drug-likeness (QED) is 0.283. The van der Waals surface area contributed by atoms with Gasteiger partial charge in [-0.3, -0.25) is 19.6 Å². The van der Waals surface area contributed by atoms with Crippen molar-refractivity contribution in [2.75, 3.05) is 11.9 Å². The number of hydrogen-bond acceptors (Lipinski definition) is 7. The number of nitrogens with one attached hydrogen (secondary N) is 2. The van der Waals surface area contributed by atoms with E-state index in [2.05, 4.69) is 27.5 Å². The van der Waals surface area contributed by atoms with E-state index in [9.17, 15) is 24.7 Å². The van der Waals surface area contributed by atoms with E-state index in [0.29, 0.717) is 5.82 Å². The summed E-state index contributed by atoms with van der Waals surface area (Å²) < 4.78 is 0. The van der Waals surface area contributed by atoms with Gasteiger partial charge in [0.05, 0.1) is 11.3 Å². The van der Waals surface area contributed by atoms with Crippen LogP contribution in [0.3, 0.4) is 0 Å². The summed E-state index contributed by atoms with van der Waals surface area (Å²) in [5.74, 6) is 3.44. The monoisotopic (exact) mass is 458 g/mol. The topological polar surface area (TPSA) is 132 Å². The molecule has 32 heavy (non-hydrogen) atoms. The van der Waals surface area contributed by atoms with Crippen molar-refractivity contribution in [1.82, 2.24) is 15.4 Å². The van der Waals surface area contributed by atoms with Crippen LogP contribution in [0.25, 0.3) is 0 Å². The number of nitrogens with zero attached hydrogens (tertiary/aromatic N) is 2. The van der Waals surface area contributed by atoms with Gasteiger partial charge in [-0.25, -0.2) is 10.0 Å². The molecule has 0 fully saturated rings. The number of amides is 3. The lowest BCUT2D eigenvalue weighted by Crippen LogP contribution is -2.52. The van der Waals surface area contributed by atoms with Crippen LogP contribution >= 0.6 is 11.3 Å². The van der Waals surface area contributed by atoms with Gasteiger partial charge in [-0.1, -0.05) is 44.7 Å².